The molecule has 25 heavy (non-hydrogen) atoms. The van der Waals surface area contributed by atoms with Crippen LogP contribution in [0.15, 0.2) is 48.5 Å². The van der Waals surface area contributed by atoms with Crippen LogP contribution in [0.1, 0.15) is 23.7 Å². The molecule has 1 atom stereocenters. The molecule has 0 spiro atoms. The summed E-state index contributed by atoms with van der Waals surface area (Å²) < 4.78 is 23.1. The standard InChI is InChI=1S/C19H20FNO4/c1-3-25-19(23)17(21-15-8-10-16(24-2)11-9-15)12-18(22)13-4-6-14(20)7-5-13/h4-11,17,21H,3,12H2,1-2H3. The number of nitrogens with one attached hydrogen (secondary N) is 1. The monoisotopic (exact) mass is 345 g/mol. The lowest BCUT2D eigenvalue weighted by Crippen LogP contribution is -2.33. The number of hydrogen-bond donors (Lipinski definition) is 1. The van der Waals surface area contributed by atoms with E-state index in [-0.39, 0.29) is 18.8 Å². The predicted molar refractivity (Wildman–Crippen MR) is 92.4 cm³/mol. The van der Waals surface area contributed by atoms with E-state index in [2.05, 4.69) is 5.32 Å². The van der Waals surface area contributed by atoms with Crippen molar-refractivity contribution in [1.82, 2.24) is 0 Å². The molecule has 2 rings (SSSR count). The van der Waals surface area contributed by atoms with Crippen LogP contribution in [0.25, 0.3) is 0 Å². The van der Waals surface area contributed by atoms with Gasteiger partial charge in [-0.2, -0.15) is 0 Å². The Morgan fingerprint density at radius 2 is 1.72 bits per heavy atom. The molecule has 0 aliphatic heterocycles. The van der Waals surface area contributed by atoms with Gasteiger partial charge in [0.05, 0.1) is 13.7 Å². The number of benzene rings is 2. The van der Waals surface area contributed by atoms with E-state index >= 15 is 0 Å². The fourth-order valence-electron chi connectivity index (χ4n) is 2.26. The third-order valence-corrected chi connectivity index (χ3v) is 3.56. The SMILES string of the molecule is CCOC(=O)C(CC(=O)c1ccc(F)cc1)Nc1ccc(OC)cc1. The Morgan fingerprint density at radius 3 is 2.28 bits per heavy atom. The first-order valence-corrected chi connectivity index (χ1v) is 7.89. The number of Topliss-reactive ketones (excluding diaryl/α,β-unsaturated/α-hetero) is 1. The molecule has 0 amide bonds. The van der Waals surface area contributed by atoms with E-state index in [4.69, 9.17) is 9.47 Å². The van der Waals surface area contributed by atoms with Crippen LogP contribution in [0.4, 0.5) is 10.1 Å². The molecule has 1 N–H and O–H groups in total. The Bertz CT molecular complexity index is 713. The van der Waals surface area contributed by atoms with Gasteiger partial charge in [-0.15, -0.1) is 0 Å². The van der Waals surface area contributed by atoms with Crippen molar-refractivity contribution in [3.63, 3.8) is 0 Å². The van der Waals surface area contributed by atoms with E-state index in [1.807, 2.05) is 0 Å². The van der Waals surface area contributed by atoms with Gasteiger partial charge >= 0.3 is 5.97 Å². The number of anilines is 1. The summed E-state index contributed by atoms with van der Waals surface area (Å²) in [4.78, 5) is 24.5. The number of methoxy groups -OCH3 is 1. The predicted octanol–water partition coefficient (Wildman–Crippen LogP) is 3.45. The van der Waals surface area contributed by atoms with Crippen LogP contribution in [0.3, 0.4) is 0 Å². The summed E-state index contributed by atoms with van der Waals surface area (Å²) in [6, 6.07) is 11.3. The highest BCUT2D eigenvalue weighted by Gasteiger charge is 2.24. The van der Waals surface area contributed by atoms with Gasteiger partial charge in [0.15, 0.2) is 5.78 Å². The largest absolute Gasteiger partial charge is 0.497 e. The van der Waals surface area contributed by atoms with Gasteiger partial charge < -0.3 is 14.8 Å². The molecule has 0 aliphatic rings. The Balaban J connectivity index is 2.12. The fraction of sp³-hybridized carbons (Fsp3) is 0.263. The summed E-state index contributed by atoms with van der Waals surface area (Å²) in [6.07, 6.45) is -0.101. The molecule has 1 unspecified atom stereocenters. The lowest BCUT2D eigenvalue weighted by molar-refractivity contribution is -0.144. The quantitative estimate of drug-likeness (QED) is 0.586. The van der Waals surface area contributed by atoms with Crippen LogP contribution in [-0.2, 0) is 9.53 Å². The van der Waals surface area contributed by atoms with Crippen molar-refractivity contribution in [2.24, 2.45) is 0 Å². The van der Waals surface area contributed by atoms with Crippen LogP contribution < -0.4 is 10.1 Å². The van der Waals surface area contributed by atoms with Gasteiger partial charge in [0.1, 0.15) is 17.6 Å². The summed E-state index contributed by atoms with van der Waals surface area (Å²) in [6.45, 7) is 1.91. The second-order valence-corrected chi connectivity index (χ2v) is 5.31. The molecule has 0 saturated heterocycles. The smallest absolute Gasteiger partial charge is 0.329 e. The van der Waals surface area contributed by atoms with Crippen molar-refractivity contribution in [2.75, 3.05) is 19.0 Å². The highest BCUT2D eigenvalue weighted by Crippen LogP contribution is 2.18. The van der Waals surface area contributed by atoms with E-state index in [1.165, 1.54) is 24.3 Å². The summed E-state index contributed by atoms with van der Waals surface area (Å²) in [5.74, 6) is -0.539. The average Bonchev–Trinajstić information content (AvgIpc) is 2.62. The first-order chi connectivity index (χ1) is 12.0. The van der Waals surface area contributed by atoms with E-state index in [9.17, 15) is 14.0 Å². The molecular weight excluding hydrogens is 325 g/mol. The van der Waals surface area contributed by atoms with Crippen molar-refractivity contribution in [1.29, 1.82) is 0 Å². The Labute approximate surface area is 145 Å². The average molecular weight is 345 g/mol. The number of ketones is 1. The van der Waals surface area contributed by atoms with Gasteiger partial charge in [-0.1, -0.05) is 0 Å². The van der Waals surface area contributed by atoms with E-state index in [0.29, 0.717) is 17.0 Å². The topological polar surface area (TPSA) is 64.6 Å². The second kappa shape index (κ2) is 8.82. The molecule has 132 valence electrons. The molecular formula is C19H20FNO4. The molecule has 6 heteroatoms. The Kier molecular flexibility index (Phi) is 6.51. The van der Waals surface area contributed by atoms with Crippen molar-refractivity contribution in [3.05, 3.63) is 59.9 Å². The first-order valence-electron chi connectivity index (χ1n) is 7.89. The Hall–Kier alpha value is -2.89. The minimum absolute atomic E-state index is 0.101. The molecule has 0 aliphatic carbocycles. The normalized spacial score (nSPS) is 11.5. The van der Waals surface area contributed by atoms with Crippen molar-refractivity contribution < 1.29 is 23.5 Å². The van der Waals surface area contributed by atoms with Crippen LogP contribution in [0.5, 0.6) is 5.75 Å². The zero-order valence-corrected chi connectivity index (χ0v) is 14.1. The minimum Gasteiger partial charge on any atom is -0.497 e. The molecule has 5 nitrogen and oxygen atoms in total. The zero-order chi connectivity index (χ0) is 18.2. The molecule has 0 heterocycles. The Morgan fingerprint density at radius 1 is 1.08 bits per heavy atom. The number of ether oxygens (including phenoxy) is 2. The second-order valence-electron chi connectivity index (χ2n) is 5.31. The number of esters is 1. The number of rotatable bonds is 8. The van der Waals surface area contributed by atoms with Crippen LogP contribution in [0, 0.1) is 5.82 Å². The maximum Gasteiger partial charge on any atom is 0.329 e. The first kappa shape index (κ1) is 18.4. The maximum atomic E-state index is 13.0. The van der Waals surface area contributed by atoms with Gasteiger partial charge in [0.25, 0.3) is 0 Å². The van der Waals surface area contributed by atoms with Gasteiger partial charge in [-0.25, -0.2) is 9.18 Å². The van der Waals surface area contributed by atoms with Crippen LogP contribution >= 0.6 is 0 Å². The van der Waals surface area contributed by atoms with E-state index in [1.54, 1.807) is 38.3 Å². The fourth-order valence-corrected chi connectivity index (χ4v) is 2.26. The third-order valence-electron chi connectivity index (χ3n) is 3.56. The number of carbonyl (C=O) groups excluding carboxylic acids is 2. The lowest BCUT2D eigenvalue weighted by Gasteiger charge is -2.18. The lowest BCUT2D eigenvalue weighted by atomic mass is 10.0. The molecule has 0 fully saturated rings. The summed E-state index contributed by atoms with van der Waals surface area (Å²) in [7, 11) is 1.56. The molecule has 0 aromatic heterocycles. The van der Waals surface area contributed by atoms with E-state index < -0.39 is 17.8 Å². The summed E-state index contributed by atoms with van der Waals surface area (Å²) in [5, 5.41) is 3.00. The molecule has 2 aromatic carbocycles. The molecule has 0 radical (unpaired) electrons. The zero-order valence-electron chi connectivity index (χ0n) is 14.1. The van der Waals surface area contributed by atoms with E-state index in [0.717, 1.165) is 0 Å². The highest BCUT2D eigenvalue weighted by atomic mass is 19.1. The van der Waals surface area contributed by atoms with Crippen molar-refractivity contribution >= 4 is 17.4 Å². The van der Waals surface area contributed by atoms with Gasteiger partial charge in [0.2, 0.25) is 0 Å². The summed E-state index contributed by atoms with van der Waals surface area (Å²) >= 11 is 0. The van der Waals surface area contributed by atoms with Gasteiger partial charge in [0, 0.05) is 17.7 Å². The molecule has 2 aromatic rings. The van der Waals surface area contributed by atoms with Crippen LogP contribution in [0.2, 0.25) is 0 Å². The van der Waals surface area contributed by atoms with Crippen LogP contribution in [-0.4, -0.2) is 31.5 Å². The molecule has 0 saturated carbocycles. The van der Waals surface area contributed by atoms with Crippen molar-refractivity contribution in [2.45, 2.75) is 19.4 Å². The van der Waals surface area contributed by atoms with Crippen molar-refractivity contribution in [3.8, 4) is 5.75 Å². The minimum atomic E-state index is -0.842. The van der Waals surface area contributed by atoms with Gasteiger partial charge in [-0.05, 0) is 55.5 Å². The van der Waals surface area contributed by atoms with Gasteiger partial charge in [-0.3, -0.25) is 4.79 Å². The number of carbonyl (C=O) groups is 2. The number of hydrogen-bond acceptors (Lipinski definition) is 5. The maximum absolute atomic E-state index is 13.0. The summed E-state index contributed by atoms with van der Waals surface area (Å²) in [5.41, 5.74) is 0.998. The highest BCUT2D eigenvalue weighted by molar-refractivity contribution is 5.99. The third kappa shape index (κ3) is 5.31. The molecule has 0 bridgehead atoms. The number of halogens is 1.